The molecular formula is C19H32Cl2N4O. The molecule has 1 amide bonds. The third-order valence-electron chi connectivity index (χ3n) is 5.55. The molecule has 1 unspecified atom stereocenters. The van der Waals surface area contributed by atoms with Gasteiger partial charge in [-0.15, -0.1) is 24.8 Å². The van der Waals surface area contributed by atoms with Crippen molar-refractivity contribution in [2.45, 2.75) is 45.4 Å². The van der Waals surface area contributed by atoms with Crippen LogP contribution in [0, 0.1) is 11.3 Å². The Labute approximate surface area is 169 Å². The standard InChI is InChI=1S/C19H30N4O.2ClH/c1-2-3-4-5-12-23-17-13-19(18(20)24,9-6-15(17)14-22-23)16-7-10-21-11-8-16;;/h6,9,13-14,16,21-22H,2-5,7-8,10-12H2,1H3,(H2,20,24);2*1H. The number of amides is 1. The van der Waals surface area contributed by atoms with E-state index in [1.807, 2.05) is 12.3 Å². The van der Waals surface area contributed by atoms with Gasteiger partial charge in [0, 0.05) is 18.3 Å². The van der Waals surface area contributed by atoms with Gasteiger partial charge < -0.3 is 16.5 Å². The number of allylic oxidation sites excluding steroid dienone is 1. The minimum absolute atomic E-state index is 0. The number of carbonyl (C=O) groups is 1. The van der Waals surface area contributed by atoms with Crippen LogP contribution < -0.4 is 16.5 Å². The molecule has 0 aromatic carbocycles. The summed E-state index contributed by atoms with van der Waals surface area (Å²) in [6.45, 7) is 5.10. The second kappa shape index (κ2) is 10.2. The average molecular weight is 403 g/mol. The quantitative estimate of drug-likeness (QED) is 0.572. The molecule has 5 nitrogen and oxygen atoms in total. The van der Waals surface area contributed by atoms with E-state index in [9.17, 15) is 4.79 Å². The van der Waals surface area contributed by atoms with E-state index < -0.39 is 5.41 Å². The Morgan fingerprint density at radius 1 is 1.27 bits per heavy atom. The van der Waals surface area contributed by atoms with Crippen LogP contribution in [0.4, 0.5) is 0 Å². The number of nitrogens with zero attached hydrogens (tertiary/aromatic N) is 1. The fourth-order valence-corrected chi connectivity index (χ4v) is 4.03. The fraction of sp³-hybridized carbons (Fsp3) is 0.632. The number of nitrogens with one attached hydrogen (secondary N) is 2. The molecule has 0 aromatic heterocycles. The zero-order valence-corrected chi connectivity index (χ0v) is 17.1. The molecule has 4 N–H and O–H groups in total. The topological polar surface area (TPSA) is 70.4 Å². The lowest BCUT2D eigenvalue weighted by Gasteiger charge is -2.39. The molecule has 1 saturated heterocycles. The minimum Gasteiger partial charge on any atom is -0.369 e. The van der Waals surface area contributed by atoms with Crippen molar-refractivity contribution >= 4 is 30.7 Å². The summed E-state index contributed by atoms with van der Waals surface area (Å²) in [5.41, 5.74) is 10.8. The summed E-state index contributed by atoms with van der Waals surface area (Å²) in [5, 5.41) is 5.55. The van der Waals surface area contributed by atoms with Gasteiger partial charge in [0.2, 0.25) is 5.91 Å². The number of carbonyl (C=O) groups excluding carboxylic acids is 1. The predicted molar refractivity (Wildman–Crippen MR) is 111 cm³/mol. The largest absolute Gasteiger partial charge is 0.369 e. The van der Waals surface area contributed by atoms with Gasteiger partial charge in [-0.2, -0.15) is 0 Å². The summed E-state index contributed by atoms with van der Waals surface area (Å²) in [7, 11) is 0. The van der Waals surface area contributed by atoms with Crippen LogP contribution in [-0.4, -0.2) is 30.6 Å². The molecule has 1 fully saturated rings. The lowest BCUT2D eigenvalue weighted by Crippen LogP contribution is -2.46. The predicted octanol–water partition coefficient (Wildman–Crippen LogP) is 3.04. The number of hydrazine groups is 1. The van der Waals surface area contributed by atoms with E-state index in [2.05, 4.69) is 34.8 Å². The van der Waals surface area contributed by atoms with Crippen LogP contribution in [-0.2, 0) is 4.79 Å². The summed E-state index contributed by atoms with van der Waals surface area (Å²) in [5.74, 6) is 0.0547. The first-order valence-corrected chi connectivity index (χ1v) is 9.34. The maximum Gasteiger partial charge on any atom is 0.231 e. The SMILES string of the molecule is CCCCCCN1NC=C2C=CC(C(N)=O)(C3CCNCC3)C=C21.Cl.Cl. The lowest BCUT2D eigenvalue weighted by atomic mass is 9.67. The van der Waals surface area contributed by atoms with Crippen molar-refractivity contribution < 1.29 is 4.79 Å². The lowest BCUT2D eigenvalue weighted by molar-refractivity contribution is -0.125. The zero-order chi connectivity index (χ0) is 17.0. The number of hydrogen-bond donors (Lipinski definition) is 3. The van der Waals surface area contributed by atoms with E-state index in [0.717, 1.165) is 50.2 Å². The van der Waals surface area contributed by atoms with E-state index in [0.29, 0.717) is 0 Å². The van der Waals surface area contributed by atoms with Crippen LogP contribution in [0.3, 0.4) is 0 Å². The molecule has 0 saturated carbocycles. The Morgan fingerprint density at radius 3 is 2.65 bits per heavy atom. The third-order valence-corrected chi connectivity index (χ3v) is 5.55. The van der Waals surface area contributed by atoms with Gasteiger partial charge in [0.1, 0.15) is 0 Å². The number of nitrogens with two attached hydrogens (primary N) is 1. The van der Waals surface area contributed by atoms with Crippen molar-refractivity contribution in [3.63, 3.8) is 0 Å². The van der Waals surface area contributed by atoms with E-state index in [4.69, 9.17) is 5.73 Å². The van der Waals surface area contributed by atoms with Gasteiger partial charge in [-0.05, 0) is 44.3 Å². The molecule has 0 bridgehead atoms. The second-order valence-corrected chi connectivity index (χ2v) is 7.13. The first kappa shape index (κ1) is 22.9. The summed E-state index contributed by atoms with van der Waals surface area (Å²) in [6.07, 6.45) is 15.1. The first-order chi connectivity index (χ1) is 11.7. The fourth-order valence-electron chi connectivity index (χ4n) is 4.03. The van der Waals surface area contributed by atoms with Crippen LogP contribution in [0.25, 0.3) is 0 Å². The van der Waals surface area contributed by atoms with Crippen molar-refractivity contribution in [2.75, 3.05) is 19.6 Å². The molecule has 26 heavy (non-hydrogen) atoms. The number of hydrogen-bond acceptors (Lipinski definition) is 4. The van der Waals surface area contributed by atoms with Gasteiger partial charge in [0.25, 0.3) is 0 Å². The number of fused-ring (bicyclic) bond motifs is 1. The van der Waals surface area contributed by atoms with Crippen LogP contribution in [0.1, 0.15) is 45.4 Å². The normalized spacial score (nSPS) is 24.6. The van der Waals surface area contributed by atoms with Crippen LogP contribution >= 0.6 is 24.8 Å². The zero-order valence-electron chi connectivity index (χ0n) is 15.5. The second-order valence-electron chi connectivity index (χ2n) is 7.13. The molecule has 7 heteroatoms. The Balaban J connectivity index is 0.00000169. The Bertz CT molecular complexity index is 570. The van der Waals surface area contributed by atoms with Gasteiger partial charge in [-0.25, -0.2) is 0 Å². The molecule has 3 rings (SSSR count). The van der Waals surface area contributed by atoms with Crippen molar-refractivity contribution in [1.82, 2.24) is 15.8 Å². The van der Waals surface area contributed by atoms with E-state index in [1.54, 1.807) is 0 Å². The van der Waals surface area contributed by atoms with Gasteiger partial charge in [-0.3, -0.25) is 9.80 Å². The number of primary amides is 1. The Hall–Kier alpha value is -1.17. The summed E-state index contributed by atoms with van der Waals surface area (Å²) in [4.78, 5) is 12.4. The molecule has 1 atom stereocenters. The highest BCUT2D eigenvalue weighted by molar-refractivity contribution is 5.87. The molecule has 2 aliphatic heterocycles. The summed E-state index contributed by atoms with van der Waals surface area (Å²) < 4.78 is 0. The van der Waals surface area contributed by atoms with Crippen molar-refractivity contribution in [2.24, 2.45) is 17.1 Å². The Kier molecular flexibility index (Phi) is 9.01. The van der Waals surface area contributed by atoms with Gasteiger partial charge >= 0.3 is 0 Å². The van der Waals surface area contributed by atoms with E-state index in [-0.39, 0.29) is 36.6 Å². The van der Waals surface area contributed by atoms with E-state index >= 15 is 0 Å². The number of rotatable bonds is 7. The highest BCUT2D eigenvalue weighted by atomic mass is 35.5. The first-order valence-electron chi connectivity index (χ1n) is 9.34. The third kappa shape index (κ3) is 4.56. The van der Waals surface area contributed by atoms with Crippen LogP contribution in [0.2, 0.25) is 0 Å². The molecule has 0 spiro atoms. The summed E-state index contributed by atoms with van der Waals surface area (Å²) >= 11 is 0. The molecule has 0 radical (unpaired) electrons. The molecular weight excluding hydrogens is 371 g/mol. The highest BCUT2D eigenvalue weighted by Crippen LogP contribution is 2.43. The molecule has 0 aromatic rings. The number of halogens is 2. The van der Waals surface area contributed by atoms with Crippen molar-refractivity contribution in [3.05, 3.63) is 35.7 Å². The van der Waals surface area contributed by atoms with Crippen molar-refractivity contribution in [3.8, 4) is 0 Å². The van der Waals surface area contributed by atoms with Gasteiger partial charge in [-0.1, -0.05) is 38.3 Å². The summed E-state index contributed by atoms with van der Waals surface area (Å²) in [6, 6.07) is 0. The molecule has 2 heterocycles. The van der Waals surface area contributed by atoms with Crippen molar-refractivity contribution in [1.29, 1.82) is 0 Å². The number of unbranched alkanes of at least 4 members (excludes halogenated alkanes) is 3. The Morgan fingerprint density at radius 2 is 2.00 bits per heavy atom. The van der Waals surface area contributed by atoms with Crippen LogP contribution in [0.5, 0.6) is 0 Å². The van der Waals surface area contributed by atoms with Crippen LogP contribution in [0.15, 0.2) is 35.7 Å². The molecule has 148 valence electrons. The van der Waals surface area contributed by atoms with Gasteiger partial charge in [0.05, 0.1) is 11.1 Å². The number of piperidine rings is 1. The van der Waals surface area contributed by atoms with E-state index in [1.165, 1.54) is 19.3 Å². The molecule has 1 aliphatic carbocycles. The maximum absolute atomic E-state index is 12.4. The minimum atomic E-state index is -0.650. The monoisotopic (exact) mass is 402 g/mol. The smallest absolute Gasteiger partial charge is 0.231 e. The molecule has 3 aliphatic rings. The average Bonchev–Trinajstić information content (AvgIpc) is 3.01. The van der Waals surface area contributed by atoms with Gasteiger partial charge in [0.15, 0.2) is 0 Å². The maximum atomic E-state index is 12.4. The highest BCUT2D eigenvalue weighted by Gasteiger charge is 2.43.